The quantitative estimate of drug-likeness (QED) is 0.770. The molecule has 2 aromatic carbocycles. The summed E-state index contributed by atoms with van der Waals surface area (Å²) in [5.41, 5.74) is 0.441. The van der Waals surface area contributed by atoms with E-state index in [1.165, 1.54) is 13.2 Å². The summed E-state index contributed by atoms with van der Waals surface area (Å²) in [4.78, 5) is 37.5. The van der Waals surface area contributed by atoms with E-state index in [4.69, 9.17) is 4.74 Å². The topological polar surface area (TPSA) is 75.7 Å². The van der Waals surface area contributed by atoms with Gasteiger partial charge in [-0.2, -0.15) is 0 Å². The van der Waals surface area contributed by atoms with Crippen molar-refractivity contribution in [2.45, 2.75) is 0 Å². The van der Waals surface area contributed by atoms with Crippen LogP contribution in [0.1, 0.15) is 5.56 Å². The first-order chi connectivity index (χ1) is 13.4. The zero-order chi connectivity index (χ0) is 20.3. The van der Waals surface area contributed by atoms with Crippen molar-refractivity contribution in [3.63, 3.8) is 0 Å². The summed E-state index contributed by atoms with van der Waals surface area (Å²) in [6.07, 6.45) is 1.53. The Morgan fingerprint density at radius 2 is 1.89 bits per heavy atom. The Kier molecular flexibility index (Phi) is 5.74. The molecule has 0 aliphatic carbocycles. The highest BCUT2D eigenvalue weighted by molar-refractivity contribution is 8.18. The van der Waals surface area contributed by atoms with E-state index in [1.807, 2.05) is 0 Å². The molecule has 0 unspecified atom stereocenters. The average Bonchev–Trinajstić information content (AvgIpc) is 2.92. The number of thioether (sulfide) groups is 1. The number of carbonyl (C=O) groups is 3. The molecule has 0 radical (unpaired) electrons. The normalized spacial score (nSPS) is 15.2. The van der Waals surface area contributed by atoms with Crippen molar-refractivity contribution in [1.29, 1.82) is 0 Å². The van der Waals surface area contributed by atoms with Gasteiger partial charge in [0.15, 0.2) is 0 Å². The molecule has 1 saturated heterocycles. The average molecular weight is 404 g/mol. The summed E-state index contributed by atoms with van der Waals surface area (Å²) < 4.78 is 31.6. The summed E-state index contributed by atoms with van der Waals surface area (Å²) in [5.74, 6) is -2.50. The van der Waals surface area contributed by atoms with E-state index in [0.717, 1.165) is 17.0 Å². The number of nitrogens with zero attached hydrogens (tertiary/aromatic N) is 1. The fourth-order valence-corrected chi connectivity index (χ4v) is 3.25. The number of ether oxygens (including phenoxy) is 1. The zero-order valence-corrected chi connectivity index (χ0v) is 15.4. The van der Waals surface area contributed by atoms with E-state index < -0.39 is 35.2 Å². The van der Waals surface area contributed by atoms with Crippen LogP contribution in [0.3, 0.4) is 0 Å². The lowest BCUT2D eigenvalue weighted by atomic mass is 10.2. The van der Waals surface area contributed by atoms with Crippen molar-refractivity contribution in [2.24, 2.45) is 0 Å². The molecule has 0 saturated carbocycles. The van der Waals surface area contributed by atoms with Gasteiger partial charge in [-0.15, -0.1) is 0 Å². The van der Waals surface area contributed by atoms with Gasteiger partial charge in [0.25, 0.3) is 11.1 Å². The minimum atomic E-state index is -0.957. The molecule has 1 fully saturated rings. The third-order valence-corrected chi connectivity index (χ3v) is 4.70. The number of methoxy groups -OCH3 is 1. The third-order valence-electron chi connectivity index (χ3n) is 3.79. The van der Waals surface area contributed by atoms with Gasteiger partial charge >= 0.3 is 0 Å². The second-order valence-electron chi connectivity index (χ2n) is 5.71. The van der Waals surface area contributed by atoms with Crippen molar-refractivity contribution >= 4 is 40.6 Å². The van der Waals surface area contributed by atoms with Gasteiger partial charge in [-0.3, -0.25) is 19.3 Å². The van der Waals surface area contributed by atoms with E-state index in [-0.39, 0.29) is 10.6 Å². The zero-order valence-electron chi connectivity index (χ0n) is 14.6. The van der Waals surface area contributed by atoms with Gasteiger partial charge in [-0.05, 0) is 47.7 Å². The molecular formula is C19H14F2N2O4S. The van der Waals surface area contributed by atoms with Crippen molar-refractivity contribution in [2.75, 3.05) is 19.0 Å². The molecule has 0 atom stereocenters. The van der Waals surface area contributed by atoms with E-state index in [9.17, 15) is 23.2 Å². The monoisotopic (exact) mass is 404 g/mol. The first-order valence-corrected chi connectivity index (χ1v) is 8.83. The lowest BCUT2D eigenvalue weighted by molar-refractivity contribution is -0.127. The van der Waals surface area contributed by atoms with Crippen molar-refractivity contribution in [1.82, 2.24) is 4.90 Å². The second kappa shape index (κ2) is 8.22. The molecule has 1 N–H and O–H groups in total. The smallest absolute Gasteiger partial charge is 0.294 e. The highest BCUT2D eigenvalue weighted by Gasteiger charge is 2.36. The third kappa shape index (κ3) is 4.37. The molecule has 9 heteroatoms. The molecular weight excluding hydrogens is 390 g/mol. The number of hydrogen-bond donors (Lipinski definition) is 1. The number of nitrogens with one attached hydrogen (secondary N) is 1. The Balaban J connectivity index is 1.69. The second-order valence-corrected chi connectivity index (χ2v) is 6.71. The summed E-state index contributed by atoms with van der Waals surface area (Å²) in [7, 11) is 1.53. The van der Waals surface area contributed by atoms with Crippen LogP contribution in [0.2, 0.25) is 0 Å². The van der Waals surface area contributed by atoms with Crippen molar-refractivity contribution in [3.8, 4) is 5.75 Å². The van der Waals surface area contributed by atoms with Crippen LogP contribution in [0, 0.1) is 11.6 Å². The Labute approximate surface area is 163 Å². The maximum atomic E-state index is 13.6. The maximum absolute atomic E-state index is 13.6. The minimum absolute atomic E-state index is 0.163. The number of amides is 3. The number of hydrogen-bond acceptors (Lipinski definition) is 5. The van der Waals surface area contributed by atoms with E-state index in [2.05, 4.69) is 5.32 Å². The van der Waals surface area contributed by atoms with E-state index in [0.29, 0.717) is 29.1 Å². The van der Waals surface area contributed by atoms with Crippen LogP contribution >= 0.6 is 11.8 Å². The predicted octanol–water partition coefficient (Wildman–Crippen LogP) is 3.65. The molecule has 3 rings (SSSR count). The Morgan fingerprint density at radius 1 is 1.18 bits per heavy atom. The number of carbonyl (C=O) groups excluding carboxylic acids is 3. The van der Waals surface area contributed by atoms with Crippen molar-refractivity contribution < 1.29 is 27.9 Å². The Bertz CT molecular complexity index is 976. The van der Waals surface area contributed by atoms with Crippen LogP contribution in [0.5, 0.6) is 5.75 Å². The van der Waals surface area contributed by atoms with Crippen molar-refractivity contribution in [3.05, 3.63) is 64.6 Å². The molecule has 0 bridgehead atoms. The molecule has 1 aliphatic rings. The summed E-state index contributed by atoms with van der Waals surface area (Å²) >= 11 is 0.704. The fraction of sp³-hybridized carbons (Fsp3) is 0.105. The number of benzene rings is 2. The van der Waals surface area contributed by atoms with Crippen LogP contribution in [0.15, 0.2) is 47.4 Å². The largest absolute Gasteiger partial charge is 0.497 e. The van der Waals surface area contributed by atoms with E-state index >= 15 is 0 Å². The van der Waals surface area contributed by atoms with Gasteiger partial charge in [-0.25, -0.2) is 8.78 Å². The lowest BCUT2D eigenvalue weighted by Gasteiger charge is -2.12. The van der Waals surface area contributed by atoms with Crippen LogP contribution in [-0.4, -0.2) is 35.6 Å². The van der Waals surface area contributed by atoms with Gasteiger partial charge in [0, 0.05) is 6.07 Å². The van der Waals surface area contributed by atoms with Gasteiger partial charge in [0.1, 0.15) is 23.9 Å². The van der Waals surface area contributed by atoms with Crippen LogP contribution in [0.25, 0.3) is 6.08 Å². The standard InChI is InChI=1S/C19H14F2N2O4S/c1-27-13-5-2-11(3-6-13)8-16-18(25)23(19(26)28-16)10-17(24)22-15-7-4-12(20)9-14(15)21/h2-9H,10H2,1H3,(H,22,24)/b16-8+. The first-order valence-electron chi connectivity index (χ1n) is 8.01. The van der Waals surface area contributed by atoms with Gasteiger partial charge in [0.2, 0.25) is 5.91 Å². The van der Waals surface area contributed by atoms with Gasteiger partial charge < -0.3 is 10.1 Å². The molecule has 0 aromatic heterocycles. The summed E-state index contributed by atoms with van der Waals surface area (Å²) in [6, 6.07) is 9.51. The molecule has 144 valence electrons. The number of rotatable bonds is 5. The molecule has 1 heterocycles. The molecule has 6 nitrogen and oxygen atoms in total. The summed E-state index contributed by atoms with van der Waals surface area (Å²) in [5, 5.41) is 1.60. The number of imide groups is 1. The highest BCUT2D eigenvalue weighted by Crippen LogP contribution is 2.32. The number of halogens is 2. The van der Waals surface area contributed by atoms with Gasteiger partial charge in [-0.1, -0.05) is 12.1 Å². The molecule has 2 aromatic rings. The lowest BCUT2D eigenvalue weighted by Crippen LogP contribution is -2.36. The number of anilines is 1. The highest BCUT2D eigenvalue weighted by atomic mass is 32.2. The fourth-order valence-electron chi connectivity index (χ4n) is 2.41. The van der Waals surface area contributed by atoms with Gasteiger partial charge in [0.05, 0.1) is 17.7 Å². The molecule has 3 amide bonds. The SMILES string of the molecule is COc1ccc(/C=C2/SC(=O)N(CC(=O)Nc3ccc(F)cc3F)C2=O)cc1. The Hall–Kier alpha value is -3.20. The first kappa shape index (κ1) is 19.6. The molecule has 28 heavy (non-hydrogen) atoms. The van der Waals surface area contributed by atoms with Crippen LogP contribution in [-0.2, 0) is 9.59 Å². The maximum Gasteiger partial charge on any atom is 0.294 e. The predicted molar refractivity (Wildman–Crippen MR) is 101 cm³/mol. The van der Waals surface area contributed by atoms with Crippen LogP contribution < -0.4 is 10.1 Å². The molecule has 0 spiro atoms. The van der Waals surface area contributed by atoms with Crippen LogP contribution in [0.4, 0.5) is 19.3 Å². The Morgan fingerprint density at radius 3 is 2.54 bits per heavy atom. The minimum Gasteiger partial charge on any atom is -0.497 e. The summed E-state index contributed by atoms with van der Waals surface area (Å²) in [6.45, 7) is -0.582. The molecule has 1 aliphatic heterocycles. The van der Waals surface area contributed by atoms with E-state index in [1.54, 1.807) is 24.3 Å².